The average Bonchev–Trinajstić information content (AvgIpc) is 1.86. The SMILES string of the molecule is CCCCCC(=O)OC(C)C.F. The van der Waals surface area contributed by atoms with Crippen molar-refractivity contribution < 1.29 is 14.2 Å². The van der Waals surface area contributed by atoms with Gasteiger partial charge in [0.25, 0.3) is 0 Å². The van der Waals surface area contributed by atoms with Gasteiger partial charge in [0, 0.05) is 6.42 Å². The molecule has 0 unspecified atom stereocenters. The molecule has 0 radical (unpaired) electrons. The summed E-state index contributed by atoms with van der Waals surface area (Å²) in [6, 6.07) is 0. The van der Waals surface area contributed by atoms with Gasteiger partial charge in [-0.15, -0.1) is 0 Å². The van der Waals surface area contributed by atoms with Gasteiger partial charge in [0.15, 0.2) is 0 Å². The van der Waals surface area contributed by atoms with Crippen LogP contribution in [0.15, 0.2) is 0 Å². The lowest BCUT2D eigenvalue weighted by molar-refractivity contribution is -0.147. The third-order valence-corrected chi connectivity index (χ3v) is 1.35. The Balaban J connectivity index is 0. The zero-order chi connectivity index (χ0) is 8.69. The number of esters is 1. The molecule has 0 aliphatic carbocycles. The number of unbranched alkanes of at least 4 members (excludes halogenated alkanes) is 2. The maximum atomic E-state index is 10.9. The highest BCUT2D eigenvalue weighted by molar-refractivity contribution is 5.69. The van der Waals surface area contributed by atoms with E-state index in [1.165, 1.54) is 0 Å². The minimum atomic E-state index is -0.0616. The fraction of sp³-hybridized carbons (Fsp3) is 0.889. The van der Waals surface area contributed by atoms with Gasteiger partial charge in [-0.1, -0.05) is 19.8 Å². The highest BCUT2D eigenvalue weighted by Crippen LogP contribution is 2.01. The quantitative estimate of drug-likeness (QED) is 0.478. The first-order chi connectivity index (χ1) is 5.16. The van der Waals surface area contributed by atoms with E-state index in [4.69, 9.17) is 4.74 Å². The molecule has 0 atom stereocenters. The molecule has 2 nitrogen and oxygen atoms in total. The summed E-state index contributed by atoms with van der Waals surface area (Å²) in [5.74, 6) is -0.0616. The molecule has 0 aromatic heterocycles. The van der Waals surface area contributed by atoms with Crippen LogP contribution in [-0.2, 0) is 9.53 Å². The Kier molecular flexibility index (Phi) is 9.88. The summed E-state index contributed by atoms with van der Waals surface area (Å²) in [6.07, 6.45) is 3.83. The minimum absolute atomic E-state index is 0. The van der Waals surface area contributed by atoms with E-state index in [0.717, 1.165) is 19.3 Å². The molecular formula is C9H19FO2. The largest absolute Gasteiger partial charge is 0.463 e. The van der Waals surface area contributed by atoms with Crippen molar-refractivity contribution in [1.29, 1.82) is 0 Å². The Morgan fingerprint density at radius 1 is 1.33 bits per heavy atom. The first kappa shape index (κ1) is 14.0. The van der Waals surface area contributed by atoms with Crippen LogP contribution in [0, 0.1) is 0 Å². The summed E-state index contributed by atoms with van der Waals surface area (Å²) in [7, 11) is 0. The molecule has 12 heavy (non-hydrogen) atoms. The van der Waals surface area contributed by atoms with Crippen molar-refractivity contribution in [1.82, 2.24) is 0 Å². The molecule has 0 aromatic carbocycles. The van der Waals surface area contributed by atoms with Gasteiger partial charge in [0.1, 0.15) is 0 Å². The number of rotatable bonds is 5. The van der Waals surface area contributed by atoms with Gasteiger partial charge in [-0.3, -0.25) is 9.50 Å². The van der Waals surface area contributed by atoms with Gasteiger partial charge >= 0.3 is 5.97 Å². The lowest BCUT2D eigenvalue weighted by Crippen LogP contribution is -2.10. The molecule has 0 fully saturated rings. The number of carbonyl (C=O) groups excluding carboxylic acids is 1. The van der Waals surface area contributed by atoms with Crippen LogP contribution in [0.2, 0.25) is 0 Å². The molecule has 0 aliphatic heterocycles. The van der Waals surface area contributed by atoms with Crippen LogP contribution in [0.1, 0.15) is 46.5 Å². The molecular weight excluding hydrogens is 159 g/mol. The number of ether oxygens (including phenoxy) is 1. The number of hydrogen-bond acceptors (Lipinski definition) is 2. The van der Waals surface area contributed by atoms with Crippen molar-refractivity contribution in [2.75, 3.05) is 0 Å². The Bertz CT molecular complexity index is 113. The van der Waals surface area contributed by atoms with E-state index in [1.54, 1.807) is 0 Å². The predicted octanol–water partition coefficient (Wildman–Crippen LogP) is 2.67. The molecule has 0 saturated carbocycles. The Hall–Kier alpha value is -0.600. The van der Waals surface area contributed by atoms with E-state index in [0.29, 0.717) is 6.42 Å². The van der Waals surface area contributed by atoms with Crippen molar-refractivity contribution in [3.8, 4) is 0 Å². The molecule has 0 aromatic rings. The molecule has 0 N–H and O–H groups in total. The van der Waals surface area contributed by atoms with Crippen LogP contribution in [-0.4, -0.2) is 12.1 Å². The fourth-order valence-corrected chi connectivity index (χ4v) is 0.841. The predicted molar refractivity (Wildman–Crippen MR) is 47.9 cm³/mol. The third-order valence-electron chi connectivity index (χ3n) is 1.35. The lowest BCUT2D eigenvalue weighted by Gasteiger charge is -2.06. The van der Waals surface area contributed by atoms with E-state index in [1.807, 2.05) is 13.8 Å². The third kappa shape index (κ3) is 9.40. The van der Waals surface area contributed by atoms with Crippen LogP contribution in [0.5, 0.6) is 0 Å². The second-order valence-corrected chi connectivity index (χ2v) is 3.00. The van der Waals surface area contributed by atoms with Crippen LogP contribution < -0.4 is 0 Å². The van der Waals surface area contributed by atoms with Crippen LogP contribution >= 0.6 is 0 Å². The zero-order valence-corrected chi connectivity index (χ0v) is 8.13. The van der Waals surface area contributed by atoms with Crippen molar-refractivity contribution >= 4 is 5.97 Å². The van der Waals surface area contributed by atoms with Crippen LogP contribution in [0.25, 0.3) is 0 Å². The van der Waals surface area contributed by atoms with E-state index >= 15 is 0 Å². The number of hydrogen-bond donors (Lipinski definition) is 0. The van der Waals surface area contributed by atoms with E-state index in [-0.39, 0.29) is 16.8 Å². The fourth-order valence-electron chi connectivity index (χ4n) is 0.841. The Morgan fingerprint density at radius 2 is 1.92 bits per heavy atom. The number of halogens is 1. The summed E-state index contributed by atoms with van der Waals surface area (Å²) in [5.41, 5.74) is 0. The smallest absolute Gasteiger partial charge is 0.306 e. The van der Waals surface area contributed by atoms with Gasteiger partial charge in [0.05, 0.1) is 6.10 Å². The van der Waals surface area contributed by atoms with Crippen LogP contribution in [0.4, 0.5) is 4.70 Å². The topological polar surface area (TPSA) is 26.3 Å². The molecule has 0 rings (SSSR count). The molecule has 3 heteroatoms. The van der Waals surface area contributed by atoms with Crippen molar-refractivity contribution in [3.05, 3.63) is 0 Å². The maximum absolute atomic E-state index is 10.9. The Morgan fingerprint density at radius 3 is 2.33 bits per heavy atom. The summed E-state index contributed by atoms with van der Waals surface area (Å²) in [6.45, 7) is 5.86. The van der Waals surface area contributed by atoms with Crippen molar-refractivity contribution in [3.63, 3.8) is 0 Å². The molecule has 0 bridgehead atoms. The molecule has 0 aliphatic rings. The van der Waals surface area contributed by atoms with Gasteiger partial charge in [-0.2, -0.15) is 0 Å². The molecule has 0 spiro atoms. The van der Waals surface area contributed by atoms with E-state index in [9.17, 15) is 4.79 Å². The summed E-state index contributed by atoms with van der Waals surface area (Å²) in [5, 5.41) is 0. The minimum Gasteiger partial charge on any atom is -0.463 e. The van der Waals surface area contributed by atoms with Gasteiger partial charge < -0.3 is 4.74 Å². The summed E-state index contributed by atoms with van der Waals surface area (Å²) in [4.78, 5) is 10.9. The normalized spacial score (nSPS) is 9.33. The monoisotopic (exact) mass is 178 g/mol. The number of carbonyl (C=O) groups is 1. The van der Waals surface area contributed by atoms with Crippen molar-refractivity contribution in [2.24, 2.45) is 0 Å². The van der Waals surface area contributed by atoms with E-state index < -0.39 is 0 Å². The summed E-state index contributed by atoms with van der Waals surface area (Å²) >= 11 is 0. The van der Waals surface area contributed by atoms with Gasteiger partial charge in [-0.25, -0.2) is 0 Å². The molecule has 0 saturated heterocycles. The second kappa shape index (κ2) is 8.50. The van der Waals surface area contributed by atoms with Crippen LogP contribution in [0.3, 0.4) is 0 Å². The first-order valence-corrected chi connectivity index (χ1v) is 4.36. The lowest BCUT2D eigenvalue weighted by atomic mass is 10.2. The molecule has 74 valence electrons. The first-order valence-electron chi connectivity index (χ1n) is 4.36. The van der Waals surface area contributed by atoms with Gasteiger partial charge in [0.2, 0.25) is 0 Å². The van der Waals surface area contributed by atoms with Gasteiger partial charge in [-0.05, 0) is 20.3 Å². The highest BCUT2D eigenvalue weighted by atomic mass is 19.0. The average molecular weight is 178 g/mol. The molecule has 0 heterocycles. The summed E-state index contributed by atoms with van der Waals surface area (Å²) < 4.78 is 4.96. The molecule has 0 amide bonds. The zero-order valence-electron chi connectivity index (χ0n) is 8.13. The standard InChI is InChI=1S/C9H18O2.FH/c1-4-5-6-7-9(10)11-8(2)3;/h8H,4-7H2,1-3H3;1H. The second-order valence-electron chi connectivity index (χ2n) is 3.00. The maximum Gasteiger partial charge on any atom is 0.306 e. The van der Waals surface area contributed by atoms with E-state index in [2.05, 4.69) is 6.92 Å². The Labute approximate surface area is 73.7 Å². The van der Waals surface area contributed by atoms with Crippen molar-refractivity contribution in [2.45, 2.75) is 52.6 Å². The highest BCUT2D eigenvalue weighted by Gasteiger charge is 2.03.